The summed E-state index contributed by atoms with van der Waals surface area (Å²) >= 11 is 0. The predicted molar refractivity (Wildman–Crippen MR) is 109 cm³/mol. The lowest BCUT2D eigenvalue weighted by Crippen LogP contribution is -2.07. The van der Waals surface area contributed by atoms with Crippen LogP contribution in [0.15, 0.2) is 72.8 Å². The molecule has 1 heterocycles. The van der Waals surface area contributed by atoms with Gasteiger partial charge in [0.25, 0.3) is 0 Å². The zero-order valence-corrected chi connectivity index (χ0v) is 15.8. The van der Waals surface area contributed by atoms with E-state index in [0.29, 0.717) is 5.82 Å². The van der Waals surface area contributed by atoms with E-state index in [9.17, 15) is 9.50 Å². The van der Waals surface area contributed by atoms with Crippen molar-refractivity contribution in [2.75, 3.05) is 0 Å². The maximum absolute atomic E-state index is 13.5. The van der Waals surface area contributed by atoms with Crippen molar-refractivity contribution >= 4 is 0 Å². The molecular weight excluding hydrogens is 367 g/mol. The second-order valence-corrected chi connectivity index (χ2v) is 7.07. The maximum atomic E-state index is 13.5. The van der Waals surface area contributed by atoms with Gasteiger partial charge in [-0.25, -0.2) is 4.39 Å². The quantitative estimate of drug-likeness (QED) is 0.501. The number of aliphatic hydroxyl groups is 1. The molecule has 6 heteroatoms. The highest BCUT2D eigenvalue weighted by atomic mass is 19.1. The van der Waals surface area contributed by atoms with E-state index in [1.54, 1.807) is 0 Å². The number of tetrazole rings is 1. The summed E-state index contributed by atoms with van der Waals surface area (Å²) in [7, 11) is 0. The van der Waals surface area contributed by atoms with Gasteiger partial charge in [-0.3, -0.25) is 0 Å². The van der Waals surface area contributed by atoms with E-state index in [1.165, 1.54) is 12.1 Å². The third kappa shape index (κ3) is 4.73. The number of nitrogens with one attached hydrogen (secondary N) is 1. The summed E-state index contributed by atoms with van der Waals surface area (Å²) in [5.74, 6) is 0.472. The summed E-state index contributed by atoms with van der Waals surface area (Å²) in [5, 5.41) is 23.6. The Hall–Kier alpha value is -3.38. The molecule has 0 saturated carbocycles. The smallest absolute Gasteiger partial charge is 0.204 e. The van der Waals surface area contributed by atoms with Gasteiger partial charge in [0.05, 0.1) is 6.61 Å². The van der Waals surface area contributed by atoms with Crippen LogP contribution >= 0.6 is 0 Å². The van der Waals surface area contributed by atoms with E-state index < -0.39 is 0 Å². The van der Waals surface area contributed by atoms with Crippen LogP contribution in [0.5, 0.6) is 0 Å². The van der Waals surface area contributed by atoms with Gasteiger partial charge in [-0.05, 0) is 64.4 Å². The van der Waals surface area contributed by atoms with Gasteiger partial charge in [0.2, 0.25) is 5.82 Å². The predicted octanol–water partition coefficient (Wildman–Crippen LogP) is 4.07. The first-order valence-corrected chi connectivity index (χ1v) is 9.48. The minimum atomic E-state index is -0.242. The molecule has 0 bridgehead atoms. The van der Waals surface area contributed by atoms with Crippen molar-refractivity contribution in [1.82, 2.24) is 20.6 Å². The molecule has 0 radical (unpaired) electrons. The average Bonchev–Trinajstić information content (AvgIpc) is 3.29. The number of nitrogens with zero attached hydrogens (tertiary/aromatic N) is 3. The number of benzene rings is 3. The van der Waals surface area contributed by atoms with Crippen LogP contribution in [0.1, 0.15) is 28.2 Å². The molecule has 1 atom stereocenters. The first kappa shape index (κ1) is 19.0. The number of aromatic nitrogens is 4. The number of halogens is 1. The van der Waals surface area contributed by atoms with Crippen LogP contribution in [-0.4, -0.2) is 25.7 Å². The molecule has 3 aromatic carbocycles. The highest BCUT2D eigenvalue weighted by Gasteiger charge is 2.15. The molecule has 0 fully saturated rings. The Balaban J connectivity index is 1.63. The Morgan fingerprint density at radius 3 is 2.24 bits per heavy atom. The first-order chi connectivity index (χ1) is 14.2. The first-order valence-electron chi connectivity index (χ1n) is 9.48. The number of aromatic amines is 1. The molecule has 1 unspecified atom stereocenters. The summed E-state index contributed by atoms with van der Waals surface area (Å²) in [4.78, 5) is 0. The van der Waals surface area contributed by atoms with Crippen LogP contribution in [0.25, 0.3) is 11.4 Å². The third-order valence-electron chi connectivity index (χ3n) is 5.01. The largest absolute Gasteiger partial charge is 0.392 e. The maximum Gasteiger partial charge on any atom is 0.204 e. The van der Waals surface area contributed by atoms with E-state index in [-0.39, 0.29) is 18.3 Å². The van der Waals surface area contributed by atoms with Crippen LogP contribution < -0.4 is 0 Å². The molecule has 5 nitrogen and oxygen atoms in total. The Morgan fingerprint density at radius 1 is 0.862 bits per heavy atom. The molecule has 0 aliphatic carbocycles. The summed E-state index contributed by atoms with van der Waals surface area (Å²) in [6.45, 7) is 0.0157. The Labute approximate surface area is 168 Å². The van der Waals surface area contributed by atoms with Gasteiger partial charge in [-0.1, -0.05) is 54.6 Å². The lowest BCUT2D eigenvalue weighted by molar-refractivity contribution is 0.281. The van der Waals surface area contributed by atoms with Crippen LogP contribution in [0, 0.1) is 5.82 Å². The highest BCUT2D eigenvalue weighted by Crippen LogP contribution is 2.27. The second-order valence-electron chi connectivity index (χ2n) is 7.07. The molecule has 0 amide bonds. The van der Waals surface area contributed by atoms with Gasteiger partial charge in [-0.15, -0.1) is 10.2 Å². The number of aliphatic hydroxyl groups excluding tert-OH is 1. The number of rotatable bonds is 7. The molecular formula is C23H21FN4O. The number of hydrogen-bond donors (Lipinski definition) is 2. The number of H-pyrrole nitrogens is 1. The van der Waals surface area contributed by atoms with E-state index in [4.69, 9.17) is 0 Å². The standard InChI is InChI=1S/C23H21FN4O/c24-22-9-7-19(8-10-22)21(13-16-3-1-5-18(11-16)15-29)14-17-4-2-6-20(12-17)23-25-27-28-26-23/h1-12,21,29H,13-15H2,(H,25,26,27,28). The van der Waals surface area contributed by atoms with Crippen molar-refractivity contribution < 1.29 is 9.50 Å². The monoisotopic (exact) mass is 388 g/mol. The summed E-state index contributed by atoms with van der Waals surface area (Å²) in [6, 6.07) is 22.7. The Kier molecular flexibility index (Phi) is 5.72. The van der Waals surface area contributed by atoms with Crippen molar-refractivity contribution in [2.24, 2.45) is 0 Å². The summed E-state index contributed by atoms with van der Waals surface area (Å²) < 4.78 is 13.5. The van der Waals surface area contributed by atoms with Crippen molar-refractivity contribution in [3.05, 3.63) is 101 Å². The van der Waals surface area contributed by atoms with Gasteiger partial charge in [0.15, 0.2) is 0 Å². The fraction of sp³-hybridized carbons (Fsp3) is 0.174. The van der Waals surface area contributed by atoms with Crippen molar-refractivity contribution in [3.63, 3.8) is 0 Å². The van der Waals surface area contributed by atoms with Crippen molar-refractivity contribution in [1.29, 1.82) is 0 Å². The molecule has 146 valence electrons. The molecule has 4 rings (SSSR count). The van der Waals surface area contributed by atoms with Crippen LogP contribution in [0.3, 0.4) is 0 Å². The SMILES string of the molecule is OCc1cccc(CC(Cc2cccc(-c3nn[nH]n3)c2)c2ccc(F)cc2)c1. The number of hydrogen-bond acceptors (Lipinski definition) is 4. The van der Waals surface area contributed by atoms with Crippen LogP contribution in [0.2, 0.25) is 0 Å². The molecule has 2 N–H and O–H groups in total. The van der Waals surface area contributed by atoms with E-state index >= 15 is 0 Å². The molecule has 0 saturated heterocycles. The van der Waals surface area contributed by atoms with E-state index in [2.05, 4.69) is 38.8 Å². The summed E-state index contributed by atoms with van der Waals surface area (Å²) in [5.41, 5.74) is 5.14. The van der Waals surface area contributed by atoms with Gasteiger partial charge >= 0.3 is 0 Å². The normalized spacial score (nSPS) is 12.1. The zero-order chi connectivity index (χ0) is 20.1. The van der Waals surface area contributed by atoms with Crippen LogP contribution in [0.4, 0.5) is 4.39 Å². The van der Waals surface area contributed by atoms with Crippen molar-refractivity contribution in [2.45, 2.75) is 25.4 Å². The van der Waals surface area contributed by atoms with Gasteiger partial charge in [0.1, 0.15) is 5.82 Å². The lowest BCUT2D eigenvalue weighted by Gasteiger charge is -2.19. The van der Waals surface area contributed by atoms with E-state index in [0.717, 1.165) is 40.7 Å². The minimum Gasteiger partial charge on any atom is -0.392 e. The topological polar surface area (TPSA) is 74.7 Å². The fourth-order valence-electron chi connectivity index (χ4n) is 3.59. The average molecular weight is 388 g/mol. The second kappa shape index (κ2) is 8.75. The van der Waals surface area contributed by atoms with Gasteiger partial charge < -0.3 is 5.11 Å². The molecule has 1 aromatic heterocycles. The molecule has 0 aliphatic rings. The zero-order valence-electron chi connectivity index (χ0n) is 15.8. The Bertz CT molecular complexity index is 1060. The van der Waals surface area contributed by atoms with E-state index in [1.807, 2.05) is 42.5 Å². The van der Waals surface area contributed by atoms with Crippen molar-refractivity contribution in [3.8, 4) is 11.4 Å². The van der Waals surface area contributed by atoms with Crippen LogP contribution in [-0.2, 0) is 19.4 Å². The minimum absolute atomic E-state index is 0.0157. The van der Waals surface area contributed by atoms with Gasteiger partial charge in [0, 0.05) is 5.56 Å². The third-order valence-corrected chi connectivity index (χ3v) is 5.01. The fourth-order valence-corrected chi connectivity index (χ4v) is 3.59. The highest BCUT2D eigenvalue weighted by molar-refractivity contribution is 5.55. The lowest BCUT2D eigenvalue weighted by atomic mass is 9.86. The molecule has 0 spiro atoms. The molecule has 0 aliphatic heterocycles. The molecule has 4 aromatic rings. The Morgan fingerprint density at radius 2 is 1.55 bits per heavy atom. The summed E-state index contributed by atoms with van der Waals surface area (Å²) in [6.07, 6.45) is 1.56. The van der Waals surface area contributed by atoms with Gasteiger partial charge in [-0.2, -0.15) is 5.21 Å². The molecule has 29 heavy (non-hydrogen) atoms.